The second-order valence-corrected chi connectivity index (χ2v) is 3.33. The number of nitrogens with zero attached hydrogens (tertiary/aromatic N) is 1. The Morgan fingerprint density at radius 2 is 2.21 bits per heavy atom. The maximum Gasteiger partial charge on any atom is 0.157 e. The number of hydrogen-bond donors (Lipinski definition) is 1. The van der Waals surface area contributed by atoms with Crippen molar-refractivity contribution in [1.29, 1.82) is 0 Å². The molecule has 3 heteroatoms. The monoisotopic (exact) mass is 188 g/mol. The van der Waals surface area contributed by atoms with Crippen LogP contribution in [-0.2, 0) is 4.79 Å². The first-order valence-electron chi connectivity index (χ1n) is 4.76. The van der Waals surface area contributed by atoms with Gasteiger partial charge in [-0.25, -0.2) is 4.98 Å². The maximum atomic E-state index is 11.1. The fraction of sp³-hybridized carbons (Fsp3) is 0.273. The van der Waals surface area contributed by atoms with Crippen LogP contribution in [0.2, 0.25) is 0 Å². The molecular weight excluding hydrogens is 176 g/mol. The number of anilines is 1. The summed E-state index contributed by atoms with van der Waals surface area (Å²) in [6.07, 6.45) is 5.95. The van der Waals surface area contributed by atoms with Gasteiger partial charge < -0.3 is 5.32 Å². The lowest BCUT2D eigenvalue weighted by Crippen LogP contribution is -2.09. The molecule has 0 radical (unpaired) electrons. The third kappa shape index (κ3) is 2.19. The van der Waals surface area contributed by atoms with Gasteiger partial charge in [0.25, 0.3) is 0 Å². The third-order valence-corrected chi connectivity index (χ3v) is 2.16. The molecule has 0 spiro atoms. The summed E-state index contributed by atoms with van der Waals surface area (Å²) in [6, 6.07) is 5.67. The molecule has 0 saturated carbocycles. The van der Waals surface area contributed by atoms with E-state index in [0.717, 1.165) is 24.4 Å². The van der Waals surface area contributed by atoms with Crippen molar-refractivity contribution < 1.29 is 4.79 Å². The standard InChI is InChI=1S/C11H12N2O/c14-10-5-3-4-9(8-10)13-11-6-1-2-7-12-11/h1-2,6-8H,3-5H2,(H,12,13). The molecule has 1 N–H and O–H groups in total. The summed E-state index contributed by atoms with van der Waals surface area (Å²) in [7, 11) is 0. The van der Waals surface area contributed by atoms with Crippen molar-refractivity contribution >= 4 is 11.6 Å². The fourth-order valence-corrected chi connectivity index (χ4v) is 1.49. The van der Waals surface area contributed by atoms with E-state index in [-0.39, 0.29) is 5.78 Å². The average molecular weight is 188 g/mol. The fourth-order valence-electron chi connectivity index (χ4n) is 1.49. The number of nitrogens with one attached hydrogen (secondary N) is 1. The molecule has 0 aliphatic heterocycles. The summed E-state index contributed by atoms with van der Waals surface area (Å²) in [5.74, 6) is 1.00. The van der Waals surface area contributed by atoms with Gasteiger partial charge >= 0.3 is 0 Å². The van der Waals surface area contributed by atoms with Crippen LogP contribution in [0, 0.1) is 0 Å². The van der Waals surface area contributed by atoms with E-state index >= 15 is 0 Å². The Morgan fingerprint density at radius 1 is 1.29 bits per heavy atom. The summed E-state index contributed by atoms with van der Waals surface area (Å²) in [5.41, 5.74) is 0.972. The van der Waals surface area contributed by atoms with Crippen molar-refractivity contribution in [2.75, 3.05) is 5.32 Å². The average Bonchev–Trinajstić information content (AvgIpc) is 2.19. The molecule has 1 aromatic rings. The highest BCUT2D eigenvalue weighted by Gasteiger charge is 2.09. The zero-order valence-corrected chi connectivity index (χ0v) is 7.86. The minimum absolute atomic E-state index is 0.203. The first kappa shape index (κ1) is 8.94. The number of aromatic nitrogens is 1. The van der Waals surface area contributed by atoms with Gasteiger partial charge in [0.05, 0.1) is 0 Å². The van der Waals surface area contributed by atoms with Crippen molar-refractivity contribution in [2.45, 2.75) is 19.3 Å². The van der Waals surface area contributed by atoms with Crippen LogP contribution in [-0.4, -0.2) is 10.8 Å². The molecule has 3 nitrogen and oxygen atoms in total. The summed E-state index contributed by atoms with van der Waals surface area (Å²) < 4.78 is 0. The normalized spacial score (nSPS) is 16.3. The number of pyridine rings is 1. The Bertz CT molecular complexity index is 357. The van der Waals surface area contributed by atoms with Gasteiger partial charge in [-0.2, -0.15) is 0 Å². The van der Waals surface area contributed by atoms with E-state index in [0.29, 0.717) is 6.42 Å². The molecule has 1 aliphatic rings. The molecule has 72 valence electrons. The lowest BCUT2D eigenvalue weighted by molar-refractivity contribution is -0.115. The van der Waals surface area contributed by atoms with Gasteiger partial charge in [0.15, 0.2) is 5.78 Å². The summed E-state index contributed by atoms with van der Waals surface area (Å²) in [6.45, 7) is 0. The van der Waals surface area contributed by atoms with E-state index in [1.165, 1.54) is 0 Å². The molecule has 0 amide bonds. The van der Waals surface area contributed by atoms with Gasteiger partial charge in [-0.1, -0.05) is 6.07 Å². The van der Waals surface area contributed by atoms with Crippen LogP contribution in [0.25, 0.3) is 0 Å². The van der Waals surface area contributed by atoms with E-state index in [1.54, 1.807) is 12.3 Å². The topological polar surface area (TPSA) is 42.0 Å². The lowest BCUT2D eigenvalue weighted by Gasteiger charge is -2.13. The van der Waals surface area contributed by atoms with Crippen LogP contribution < -0.4 is 5.32 Å². The number of hydrogen-bond acceptors (Lipinski definition) is 3. The quantitative estimate of drug-likeness (QED) is 0.773. The van der Waals surface area contributed by atoms with Crippen LogP contribution >= 0.6 is 0 Å². The van der Waals surface area contributed by atoms with Gasteiger partial charge in [-0.3, -0.25) is 4.79 Å². The second kappa shape index (κ2) is 4.05. The van der Waals surface area contributed by atoms with Gasteiger partial charge in [0.1, 0.15) is 5.82 Å². The summed E-state index contributed by atoms with van der Waals surface area (Å²) >= 11 is 0. The van der Waals surface area contributed by atoms with Crippen LogP contribution in [0.4, 0.5) is 5.82 Å². The van der Waals surface area contributed by atoms with Gasteiger partial charge in [-0.05, 0) is 25.0 Å². The van der Waals surface area contributed by atoms with E-state index in [4.69, 9.17) is 0 Å². The Balaban J connectivity index is 2.08. The van der Waals surface area contributed by atoms with Crippen molar-refractivity contribution in [1.82, 2.24) is 4.98 Å². The Kier molecular flexibility index (Phi) is 2.58. The molecular formula is C11H12N2O. The minimum Gasteiger partial charge on any atom is -0.344 e. The smallest absolute Gasteiger partial charge is 0.157 e. The van der Waals surface area contributed by atoms with E-state index in [1.807, 2.05) is 18.2 Å². The number of carbonyl (C=O) groups excluding carboxylic acids is 1. The van der Waals surface area contributed by atoms with Crippen LogP contribution in [0.15, 0.2) is 36.2 Å². The molecule has 1 heterocycles. The van der Waals surface area contributed by atoms with Crippen molar-refractivity contribution in [3.05, 3.63) is 36.2 Å². The molecule has 1 aromatic heterocycles. The summed E-state index contributed by atoms with van der Waals surface area (Å²) in [5, 5.41) is 3.14. The van der Waals surface area contributed by atoms with Gasteiger partial charge in [-0.15, -0.1) is 0 Å². The molecule has 0 saturated heterocycles. The Hall–Kier alpha value is -1.64. The molecule has 14 heavy (non-hydrogen) atoms. The van der Waals surface area contributed by atoms with Crippen molar-refractivity contribution in [3.8, 4) is 0 Å². The SMILES string of the molecule is O=C1C=C(Nc2ccccn2)CCC1. The molecule has 2 rings (SSSR count). The summed E-state index contributed by atoms with van der Waals surface area (Å²) in [4.78, 5) is 15.3. The predicted molar refractivity (Wildman–Crippen MR) is 54.8 cm³/mol. The highest BCUT2D eigenvalue weighted by Crippen LogP contribution is 2.16. The number of ketones is 1. The van der Waals surface area contributed by atoms with E-state index in [9.17, 15) is 4.79 Å². The lowest BCUT2D eigenvalue weighted by atomic mass is 10.0. The molecule has 0 fully saturated rings. The number of allylic oxidation sites excluding steroid dienone is 2. The molecule has 0 unspecified atom stereocenters. The van der Waals surface area contributed by atoms with Crippen molar-refractivity contribution in [2.24, 2.45) is 0 Å². The zero-order valence-electron chi connectivity index (χ0n) is 7.86. The molecule has 0 bridgehead atoms. The van der Waals surface area contributed by atoms with Gasteiger partial charge in [0, 0.05) is 24.4 Å². The molecule has 0 aromatic carbocycles. The Morgan fingerprint density at radius 3 is 2.93 bits per heavy atom. The first-order valence-corrected chi connectivity index (χ1v) is 4.76. The minimum atomic E-state index is 0.203. The van der Waals surface area contributed by atoms with Crippen LogP contribution in [0.1, 0.15) is 19.3 Å². The number of rotatable bonds is 2. The van der Waals surface area contributed by atoms with E-state index in [2.05, 4.69) is 10.3 Å². The highest BCUT2D eigenvalue weighted by molar-refractivity contribution is 5.91. The van der Waals surface area contributed by atoms with Crippen molar-refractivity contribution in [3.63, 3.8) is 0 Å². The first-order chi connectivity index (χ1) is 6.84. The predicted octanol–water partition coefficient (Wildman–Crippen LogP) is 2.13. The molecule has 0 atom stereocenters. The largest absolute Gasteiger partial charge is 0.344 e. The van der Waals surface area contributed by atoms with E-state index < -0.39 is 0 Å². The Labute approximate surface area is 82.9 Å². The molecule has 1 aliphatic carbocycles. The van der Waals surface area contributed by atoms with Crippen LogP contribution in [0.3, 0.4) is 0 Å². The maximum absolute atomic E-state index is 11.1. The third-order valence-electron chi connectivity index (χ3n) is 2.16. The second-order valence-electron chi connectivity index (χ2n) is 3.33. The van der Waals surface area contributed by atoms with Gasteiger partial charge in [0.2, 0.25) is 0 Å². The number of carbonyl (C=O) groups is 1. The van der Waals surface area contributed by atoms with Crippen LogP contribution in [0.5, 0.6) is 0 Å². The zero-order chi connectivity index (χ0) is 9.80. The highest BCUT2D eigenvalue weighted by atomic mass is 16.1.